The van der Waals surface area contributed by atoms with Crippen molar-refractivity contribution in [2.75, 3.05) is 23.3 Å². The molecule has 0 radical (unpaired) electrons. The van der Waals surface area contributed by atoms with Gasteiger partial charge in [-0.25, -0.2) is 15.0 Å². The van der Waals surface area contributed by atoms with Crippen LogP contribution in [-0.4, -0.2) is 33.9 Å². The van der Waals surface area contributed by atoms with Crippen molar-refractivity contribution < 1.29 is 4.79 Å². The molecular weight excluding hydrogens is 302 g/mol. The zero-order chi connectivity index (χ0) is 16.9. The molecular formula is C18H23N5O. The van der Waals surface area contributed by atoms with E-state index in [0.717, 1.165) is 37.2 Å². The summed E-state index contributed by atoms with van der Waals surface area (Å²) in [5.41, 5.74) is 2.23. The maximum absolute atomic E-state index is 12.5. The van der Waals surface area contributed by atoms with Gasteiger partial charge in [-0.15, -0.1) is 0 Å². The highest BCUT2D eigenvalue weighted by molar-refractivity contribution is 6.02. The van der Waals surface area contributed by atoms with Crippen LogP contribution in [0.4, 0.5) is 11.8 Å². The van der Waals surface area contributed by atoms with Crippen LogP contribution in [-0.2, 0) is 0 Å². The van der Waals surface area contributed by atoms with Gasteiger partial charge in [-0.05, 0) is 44.4 Å². The molecule has 3 rings (SSSR count). The van der Waals surface area contributed by atoms with Crippen LogP contribution < -0.4 is 10.2 Å². The van der Waals surface area contributed by atoms with Crippen LogP contribution >= 0.6 is 0 Å². The lowest BCUT2D eigenvalue weighted by Gasteiger charge is -2.20. The van der Waals surface area contributed by atoms with Crippen LogP contribution in [0.1, 0.15) is 47.4 Å². The fraction of sp³-hybridized carbons (Fsp3) is 0.444. The molecule has 1 amide bonds. The molecule has 0 aromatic carbocycles. The highest BCUT2D eigenvalue weighted by Crippen LogP contribution is 2.17. The van der Waals surface area contributed by atoms with Gasteiger partial charge in [0.05, 0.1) is 0 Å². The van der Waals surface area contributed by atoms with E-state index >= 15 is 0 Å². The third-order valence-corrected chi connectivity index (χ3v) is 4.12. The monoisotopic (exact) mass is 325 g/mol. The molecule has 0 bridgehead atoms. The molecule has 1 aliphatic heterocycles. The first-order chi connectivity index (χ1) is 11.6. The molecule has 24 heavy (non-hydrogen) atoms. The van der Waals surface area contributed by atoms with Gasteiger partial charge < -0.3 is 10.2 Å². The Balaban J connectivity index is 1.79. The number of aryl methyl sites for hydroxylation is 2. The summed E-state index contributed by atoms with van der Waals surface area (Å²) in [5.74, 6) is 0.921. The van der Waals surface area contributed by atoms with Crippen molar-refractivity contribution in [3.8, 4) is 0 Å². The zero-order valence-corrected chi connectivity index (χ0v) is 14.2. The third-order valence-electron chi connectivity index (χ3n) is 4.12. The second kappa shape index (κ2) is 7.38. The normalized spacial score (nSPS) is 15.0. The number of hydrogen-bond donors (Lipinski definition) is 1. The molecule has 2 aromatic heterocycles. The van der Waals surface area contributed by atoms with Crippen LogP contribution in [0.5, 0.6) is 0 Å². The Kier molecular flexibility index (Phi) is 5.03. The fourth-order valence-electron chi connectivity index (χ4n) is 2.80. The van der Waals surface area contributed by atoms with Gasteiger partial charge in [-0.3, -0.25) is 4.79 Å². The molecule has 0 atom stereocenters. The summed E-state index contributed by atoms with van der Waals surface area (Å²) in [6, 6.07) is 5.42. The zero-order valence-electron chi connectivity index (χ0n) is 14.2. The van der Waals surface area contributed by atoms with Crippen LogP contribution in [0.25, 0.3) is 0 Å². The van der Waals surface area contributed by atoms with Crippen molar-refractivity contribution in [2.24, 2.45) is 0 Å². The van der Waals surface area contributed by atoms with Crippen molar-refractivity contribution in [1.82, 2.24) is 15.0 Å². The molecule has 3 heterocycles. The van der Waals surface area contributed by atoms with Crippen LogP contribution in [0, 0.1) is 13.8 Å². The number of pyridine rings is 1. The van der Waals surface area contributed by atoms with E-state index in [1.807, 2.05) is 19.9 Å². The van der Waals surface area contributed by atoms with Gasteiger partial charge in [0.25, 0.3) is 5.91 Å². The van der Waals surface area contributed by atoms with Gasteiger partial charge >= 0.3 is 0 Å². The SMILES string of the molecule is Cc1ccc(NC(=O)c2cc(C)nc(N3CCCCCC3)n2)nc1. The summed E-state index contributed by atoms with van der Waals surface area (Å²) in [4.78, 5) is 27.9. The Labute approximate surface area is 142 Å². The number of carbonyl (C=O) groups excluding carboxylic acids is 1. The first-order valence-corrected chi connectivity index (χ1v) is 8.46. The summed E-state index contributed by atoms with van der Waals surface area (Å²) in [5, 5.41) is 2.80. The summed E-state index contributed by atoms with van der Waals surface area (Å²) in [6.07, 6.45) is 6.51. The summed E-state index contributed by atoms with van der Waals surface area (Å²) >= 11 is 0. The van der Waals surface area contributed by atoms with Crippen molar-refractivity contribution in [3.63, 3.8) is 0 Å². The van der Waals surface area contributed by atoms with E-state index in [1.54, 1.807) is 18.3 Å². The van der Waals surface area contributed by atoms with Crippen molar-refractivity contribution >= 4 is 17.7 Å². The maximum atomic E-state index is 12.5. The number of aromatic nitrogens is 3. The highest BCUT2D eigenvalue weighted by Gasteiger charge is 2.16. The highest BCUT2D eigenvalue weighted by atomic mass is 16.1. The number of nitrogens with zero attached hydrogens (tertiary/aromatic N) is 4. The Morgan fingerprint density at radius 3 is 2.50 bits per heavy atom. The minimum Gasteiger partial charge on any atom is -0.341 e. The van der Waals surface area contributed by atoms with Gasteiger partial charge in [0.1, 0.15) is 11.5 Å². The van der Waals surface area contributed by atoms with E-state index in [0.29, 0.717) is 17.5 Å². The Morgan fingerprint density at radius 2 is 1.83 bits per heavy atom. The first-order valence-electron chi connectivity index (χ1n) is 8.46. The Hall–Kier alpha value is -2.50. The summed E-state index contributed by atoms with van der Waals surface area (Å²) in [7, 11) is 0. The van der Waals surface area contributed by atoms with E-state index in [1.165, 1.54) is 12.8 Å². The van der Waals surface area contributed by atoms with Crippen molar-refractivity contribution in [2.45, 2.75) is 39.5 Å². The Morgan fingerprint density at radius 1 is 1.08 bits per heavy atom. The predicted molar refractivity (Wildman–Crippen MR) is 94.4 cm³/mol. The fourth-order valence-corrected chi connectivity index (χ4v) is 2.80. The number of nitrogens with one attached hydrogen (secondary N) is 1. The molecule has 1 aliphatic rings. The molecule has 0 aliphatic carbocycles. The van der Waals surface area contributed by atoms with Crippen LogP contribution in [0.2, 0.25) is 0 Å². The lowest BCUT2D eigenvalue weighted by molar-refractivity contribution is 0.102. The molecule has 126 valence electrons. The average Bonchev–Trinajstić information content (AvgIpc) is 2.86. The van der Waals surface area contributed by atoms with Gasteiger partial charge in [-0.2, -0.15) is 0 Å². The van der Waals surface area contributed by atoms with E-state index in [-0.39, 0.29) is 5.91 Å². The molecule has 2 aromatic rings. The summed E-state index contributed by atoms with van der Waals surface area (Å²) < 4.78 is 0. The van der Waals surface area contributed by atoms with Gasteiger partial charge in [0.2, 0.25) is 5.95 Å². The number of rotatable bonds is 3. The molecule has 6 nitrogen and oxygen atoms in total. The molecule has 1 N–H and O–H groups in total. The Bertz CT molecular complexity index is 706. The molecule has 6 heteroatoms. The number of hydrogen-bond acceptors (Lipinski definition) is 5. The van der Waals surface area contributed by atoms with Gasteiger partial charge in [0.15, 0.2) is 0 Å². The number of anilines is 2. The summed E-state index contributed by atoms with van der Waals surface area (Å²) in [6.45, 7) is 5.75. The second-order valence-electron chi connectivity index (χ2n) is 6.27. The average molecular weight is 325 g/mol. The topological polar surface area (TPSA) is 71.0 Å². The molecule has 0 saturated carbocycles. The lowest BCUT2D eigenvalue weighted by atomic mass is 10.2. The number of carbonyl (C=O) groups is 1. The van der Waals surface area contributed by atoms with E-state index < -0.39 is 0 Å². The quantitative estimate of drug-likeness (QED) is 0.939. The number of amides is 1. The largest absolute Gasteiger partial charge is 0.341 e. The minimum atomic E-state index is -0.257. The van der Waals surface area contributed by atoms with Crippen LogP contribution in [0.3, 0.4) is 0 Å². The van der Waals surface area contributed by atoms with E-state index in [2.05, 4.69) is 25.2 Å². The molecule has 1 saturated heterocycles. The smallest absolute Gasteiger partial charge is 0.275 e. The van der Waals surface area contributed by atoms with E-state index in [9.17, 15) is 4.79 Å². The predicted octanol–water partition coefficient (Wildman–Crippen LogP) is 3.12. The van der Waals surface area contributed by atoms with Crippen molar-refractivity contribution in [1.29, 1.82) is 0 Å². The van der Waals surface area contributed by atoms with Gasteiger partial charge in [0, 0.05) is 25.0 Å². The lowest BCUT2D eigenvalue weighted by Crippen LogP contribution is -2.27. The molecule has 1 fully saturated rings. The second-order valence-corrected chi connectivity index (χ2v) is 6.27. The van der Waals surface area contributed by atoms with Crippen molar-refractivity contribution in [3.05, 3.63) is 41.3 Å². The van der Waals surface area contributed by atoms with E-state index in [4.69, 9.17) is 0 Å². The van der Waals surface area contributed by atoms with Gasteiger partial charge in [-0.1, -0.05) is 18.9 Å². The first kappa shape index (κ1) is 16.4. The standard InChI is InChI=1S/C18H23N5O/c1-13-7-8-16(19-12-13)22-17(24)15-11-14(2)20-18(21-15)23-9-5-3-4-6-10-23/h7-8,11-12H,3-6,9-10H2,1-2H3,(H,19,22,24). The molecule has 0 unspecified atom stereocenters. The molecule has 0 spiro atoms. The van der Waals surface area contributed by atoms with Crippen LogP contribution in [0.15, 0.2) is 24.4 Å². The minimum absolute atomic E-state index is 0.257. The third kappa shape index (κ3) is 4.07. The maximum Gasteiger partial charge on any atom is 0.275 e.